The van der Waals surface area contributed by atoms with Crippen molar-refractivity contribution >= 4 is 17.5 Å². The van der Waals surface area contributed by atoms with E-state index in [9.17, 15) is 4.79 Å². The van der Waals surface area contributed by atoms with E-state index in [1.165, 1.54) is 0 Å². The SMILES string of the molecule is CCOc1c(Cl)cc(CNC(=O)C(CC)c2ccccc2)cc1OC. The molecule has 1 N–H and O–H groups in total. The van der Waals surface area contributed by atoms with Crippen LogP contribution in [0.4, 0.5) is 0 Å². The molecular formula is C20H24ClNO3. The lowest BCUT2D eigenvalue weighted by atomic mass is 9.95. The summed E-state index contributed by atoms with van der Waals surface area (Å²) < 4.78 is 10.9. The number of carbonyl (C=O) groups excluding carboxylic acids is 1. The Morgan fingerprint density at radius 2 is 1.92 bits per heavy atom. The van der Waals surface area contributed by atoms with Gasteiger partial charge in [-0.3, -0.25) is 4.79 Å². The van der Waals surface area contributed by atoms with Crippen LogP contribution in [0.5, 0.6) is 11.5 Å². The molecule has 0 bridgehead atoms. The van der Waals surface area contributed by atoms with Crippen LogP contribution >= 0.6 is 11.6 Å². The first-order valence-corrected chi connectivity index (χ1v) is 8.80. The third-order valence-electron chi connectivity index (χ3n) is 3.97. The number of amides is 1. The largest absolute Gasteiger partial charge is 0.493 e. The monoisotopic (exact) mass is 361 g/mol. The standard InChI is InChI=1S/C20H24ClNO3/c1-4-16(15-9-7-6-8-10-15)20(23)22-13-14-11-17(21)19(25-5-2)18(12-14)24-3/h6-12,16H,4-5,13H2,1-3H3,(H,22,23). The fourth-order valence-electron chi connectivity index (χ4n) is 2.73. The maximum absolute atomic E-state index is 12.6. The quantitative estimate of drug-likeness (QED) is 0.749. The van der Waals surface area contributed by atoms with Crippen molar-refractivity contribution in [2.45, 2.75) is 32.7 Å². The van der Waals surface area contributed by atoms with Crippen LogP contribution in [-0.2, 0) is 11.3 Å². The van der Waals surface area contributed by atoms with Crippen LogP contribution in [0.15, 0.2) is 42.5 Å². The molecule has 0 aromatic heterocycles. The summed E-state index contributed by atoms with van der Waals surface area (Å²) >= 11 is 6.28. The molecule has 0 aliphatic carbocycles. The third-order valence-corrected chi connectivity index (χ3v) is 4.25. The van der Waals surface area contributed by atoms with Gasteiger partial charge in [0.2, 0.25) is 5.91 Å². The lowest BCUT2D eigenvalue weighted by Gasteiger charge is -2.17. The number of hydrogen-bond donors (Lipinski definition) is 1. The Labute approximate surface area is 154 Å². The molecule has 0 aliphatic heterocycles. The summed E-state index contributed by atoms with van der Waals surface area (Å²) in [5.74, 6) is 0.921. The number of nitrogens with one attached hydrogen (secondary N) is 1. The molecule has 0 saturated heterocycles. The van der Waals surface area contributed by atoms with Gasteiger partial charge in [0.1, 0.15) is 0 Å². The molecule has 2 aromatic rings. The number of halogens is 1. The summed E-state index contributed by atoms with van der Waals surface area (Å²) in [5.41, 5.74) is 1.88. The van der Waals surface area contributed by atoms with Gasteiger partial charge in [0.15, 0.2) is 11.5 Å². The zero-order chi connectivity index (χ0) is 18.2. The first kappa shape index (κ1) is 19.1. The van der Waals surface area contributed by atoms with E-state index in [-0.39, 0.29) is 11.8 Å². The fourth-order valence-corrected chi connectivity index (χ4v) is 3.02. The molecule has 2 rings (SSSR count). The first-order valence-electron chi connectivity index (χ1n) is 8.42. The fraction of sp³-hybridized carbons (Fsp3) is 0.350. The van der Waals surface area contributed by atoms with Gasteiger partial charge in [0.05, 0.1) is 24.7 Å². The second-order valence-electron chi connectivity index (χ2n) is 5.63. The molecule has 0 saturated carbocycles. The second kappa shape index (κ2) is 9.33. The highest BCUT2D eigenvalue weighted by Gasteiger charge is 2.18. The van der Waals surface area contributed by atoms with Gasteiger partial charge < -0.3 is 14.8 Å². The van der Waals surface area contributed by atoms with Crippen molar-refractivity contribution in [3.63, 3.8) is 0 Å². The average molecular weight is 362 g/mol. The molecule has 0 heterocycles. The predicted octanol–water partition coefficient (Wildman–Crippen LogP) is 4.56. The van der Waals surface area contributed by atoms with Gasteiger partial charge in [-0.25, -0.2) is 0 Å². The Balaban J connectivity index is 2.10. The number of rotatable bonds is 8. The zero-order valence-electron chi connectivity index (χ0n) is 14.8. The van der Waals surface area contributed by atoms with E-state index in [2.05, 4.69) is 5.32 Å². The van der Waals surface area contributed by atoms with E-state index < -0.39 is 0 Å². The van der Waals surface area contributed by atoms with Gasteiger partial charge in [-0.05, 0) is 36.6 Å². The minimum Gasteiger partial charge on any atom is -0.493 e. The molecule has 25 heavy (non-hydrogen) atoms. The van der Waals surface area contributed by atoms with Crippen molar-refractivity contribution in [1.82, 2.24) is 5.32 Å². The zero-order valence-corrected chi connectivity index (χ0v) is 15.6. The van der Waals surface area contributed by atoms with Crippen molar-refractivity contribution < 1.29 is 14.3 Å². The normalized spacial score (nSPS) is 11.7. The third kappa shape index (κ3) is 4.89. The van der Waals surface area contributed by atoms with Gasteiger partial charge in [0.25, 0.3) is 0 Å². The van der Waals surface area contributed by atoms with E-state index in [0.717, 1.165) is 17.5 Å². The molecule has 1 unspecified atom stereocenters. The first-order chi connectivity index (χ1) is 12.1. The molecule has 4 nitrogen and oxygen atoms in total. The van der Waals surface area contributed by atoms with E-state index in [4.69, 9.17) is 21.1 Å². The van der Waals surface area contributed by atoms with Gasteiger partial charge in [-0.1, -0.05) is 48.9 Å². The van der Waals surface area contributed by atoms with Crippen LogP contribution in [0.2, 0.25) is 5.02 Å². The van der Waals surface area contributed by atoms with Crippen molar-refractivity contribution in [3.8, 4) is 11.5 Å². The van der Waals surface area contributed by atoms with Crippen LogP contribution in [0.3, 0.4) is 0 Å². The lowest BCUT2D eigenvalue weighted by molar-refractivity contribution is -0.122. The molecule has 134 valence electrons. The smallest absolute Gasteiger partial charge is 0.227 e. The van der Waals surface area contributed by atoms with E-state index >= 15 is 0 Å². The number of methoxy groups -OCH3 is 1. The predicted molar refractivity (Wildman–Crippen MR) is 100 cm³/mol. The number of ether oxygens (including phenoxy) is 2. The average Bonchev–Trinajstić information content (AvgIpc) is 2.63. The number of hydrogen-bond acceptors (Lipinski definition) is 3. The minimum atomic E-state index is -0.165. The highest BCUT2D eigenvalue weighted by Crippen LogP contribution is 2.36. The van der Waals surface area contributed by atoms with Crippen LogP contribution in [-0.4, -0.2) is 19.6 Å². The van der Waals surface area contributed by atoms with Gasteiger partial charge in [-0.15, -0.1) is 0 Å². The second-order valence-corrected chi connectivity index (χ2v) is 6.04. The van der Waals surface area contributed by atoms with Crippen LogP contribution in [0, 0.1) is 0 Å². The van der Waals surface area contributed by atoms with Gasteiger partial charge in [0, 0.05) is 6.54 Å². The van der Waals surface area contributed by atoms with Crippen molar-refractivity contribution in [2.75, 3.05) is 13.7 Å². The molecule has 1 amide bonds. The summed E-state index contributed by atoms with van der Waals surface area (Å²) in [6, 6.07) is 13.4. The molecule has 2 aromatic carbocycles. The Morgan fingerprint density at radius 1 is 1.20 bits per heavy atom. The highest BCUT2D eigenvalue weighted by molar-refractivity contribution is 6.32. The van der Waals surface area contributed by atoms with Crippen LogP contribution < -0.4 is 14.8 Å². The van der Waals surface area contributed by atoms with Crippen molar-refractivity contribution in [3.05, 3.63) is 58.6 Å². The minimum absolute atomic E-state index is 0.00215. The molecule has 0 radical (unpaired) electrons. The Hall–Kier alpha value is -2.20. The van der Waals surface area contributed by atoms with E-state index in [1.807, 2.05) is 50.2 Å². The summed E-state index contributed by atoms with van der Waals surface area (Å²) in [6.07, 6.45) is 0.739. The molecule has 0 aliphatic rings. The molecule has 0 fully saturated rings. The van der Waals surface area contributed by atoms with E-state index in [1.54, 1.807) is 13.2 Å². The number of carbonyl (C=O) groups is 1. The molecular weight excluding hydrogens is 338 g/mol. The maximum atomic E-state index is 12.6. The summed E-state index contributed by atoms with van der Waals surface area (Å²) in [6.45, 7) is 4.78. The number of benzene rings is 2. The van der Waals surface area contributed by atoms with Crippen LogP contribution in [0.1, 0.15) is 37.3 Å². The van der Waals surface area contributed by atoms with Crippen LogP contribution in [0.25, 0.3) is 0 Å². The van der Waals surface area contributed by atoms with Gasteiger partial charge in [-0.2, -0.15) is 0 Å². The molecule has 1 atom stereocenters. The summed E-state index contributed by atoms with van der Waals surface area (Å²) in [5, 5.41) is 3.46. The van der Waals surface area contributed by atoms with Crippen molar-refractivity contribution in [1.29, 1.82) is 0 Å². The molecule has 0 spiro atoms. The summed E-state index contributed by atoms with van der Waals surface area (Å²) in [4.78, 5) is 12.6. The Morgan fingerprint density at radius 3 is 2.52 bits per heavy atom. The molecule has 5 heteroatoms. The van der Waals surface area contributed by atoms with Crippen molar-refractivity contribution in [2.24, 2.45) is 0 Å². The van der Waals surface area contributed by atoms with Gasteiger partial charge >= 0.3 is 0 Å². The van der Waals surface area contributed by atoms with E-state index in [0.29, 0.717) is 29.7 Å². The highest BCUT2D eigenvalue weighted by atomic mass is 35.5. The Kier molecular flexibility index (Phi) is 7.14. The Bertz CT molecular complexity index is 704. The topological polar surface area (TPSA) is 47.6 Å². The lowest BCUT2D eigenvalue weighted by Crippen LogP contribution is -2.28. The summed E-state index contributed by atoms with van der Waals surface area (Å²) in [7, 11) is 1.57. The maximum Gasteiger partial charge on any atom is 0.227 e.